The van der Waals surface area contributed by atoms with Crippen LogP contribution in [0.25, 0.3) is 0 Å². The van der Waals surface area contributed by atoms with Crippen LogP contribution in [0.1, 0.15) is 43.3 Å². The van der Waals surface area contributed by atoms with E-state index >= 15 is 0 Å². The zero-order valence-corrected chi connectivity index (χ0v) is 15.1. The molecule has 0 amide bonds. The summed E-state index contributed by atoms with van der Waals surface area (Å²) >= 11 is 0. The van der Waals surface area contributed by atoms with Gasteiger partial charge < -0.3 is 14.6 Å². The van der Waals surface area contributed by atoms with Crippen LogP contribution in [-0.2, 0) is 11.3 Å². The molecule has 2 aromatic heterocycles. The predicted molar refractivity (Wildman–Crippen MR) is 99.0 cm³/mol. The molecule has 8 nitrogen and oxygen atoms in total. The molecule has 0 bridgehead atoms. The smallest absolute Gasteiger partial charge is 0.293 e. The zero-order valence-electron chi connectivity index (χ0n) is 15.1. The van der Waals surface area contributed by atoms with Crippen LogP contribution in [0.15, 0.2) is 34.1 Å². The Labute approximate surface area is 156 Å². The first-order valence-corrected chi connectivity index (χ1v) is 9.68. The molecule has 5 rings (SSSR count). The van der Waals surface area contributed by atoms with E-state index in [1.165, 1.54) is 17.5 Å². The van der Waals surface area contributed by atoms with Gasteiger partial charge in [0.1, 0.15) is 6.04 Å². The number of anilines is 1. The highest BCUT2D eigenvalue weighted by Crippen LogP contribution is 2.38. The fourth-order valence-electron chi connectivity index (χ4n) is 3.64. The van der Waals surface area contributed by atoms with Crippen LogP contribution in [-0.4, -0.2) is 38.6 Å². The molecule has 0 spiro atoms. The Kier molecular flexibility index (Phi) is 4.07. The fourth-order valence-corrected chi connectivity index (χ4v) is 3.64. The van der Waals surface area contributed by atoms with Crippen molar-refractivity contribution in [1.29, 1.82) is 0 Å². The lowest BCUT2D eigenvalue weighted by molar-refractivity contribution is 0.182. The Bertz CT molecular complexity index is 960. The molecule has 1 N–H and O–H groups in total. The van der Waals surface area contributed by atoms with Gasteiger partial charge in [-0.1, -0.05) is 0 Å². The highest BCUT2D eigenvalue weighted by molar-refractivity contribution is 5.33. The number of ether oxygens (including phenoxy) is 1. The molecule has 0 radical (unpaired) electrons. The SMILES string of the molecule is O=c1c(NC2COCC2n2nc(C3CC3)ccc2=O)nccn1CC1CC1. The number of nitrogens with zero attached hydrogens (tertiary/aromatic N) is 4. The Morgan fingerprint density at radius 2 is 2.00 bits per heavy atom. The lowest BCUT2D eigenvalue weighted by Crippen LogP contribution is -2.39. The Morgan fingerprint density at radius 3 is 2.78 bits per heavy atom. The van der Waals surface area contributed by atoms with E-state index in [-0.39, 0.29) is 23.2 Å². The maximum Gasteiger partial charge on any atom is 0.293 e. The number of hydrogen-bond donors (Lipinski definition) is 1. The van der Waals surface area contributed by atoms with Gasteiger partial charge in [0, 0.05) is 30.9 Å². The first-order valence-electron chi connectivity index (χ1n) is 9.68. The molecular formula is C19H23N5O3. The number of hydrogen-bond acceptors (Lipinski definition) is 6. The lowest BCUT2D eigenvalue weighted by Gasteiger charge is -2.21. The Hall–Kier alpha value is -2.48. The normalized spacial score (nSPS) is 24.9. The average molecular weight is 369 g/mol. The van der Waals surface area contributed by atoms with Gasteiger partial charge in [-0.05, 0) is 37.7 Å². The summed E-state index contributed by atoms with van der Waals surface area (Å²) in [6, 6.07) is 2.93. The van der Waals surface area contributed by atoms with Crippen molar-refractivity contribution < 1.29 is 4.74 Å². The molecule has 0 aromatic carbocycles. The van der Waals surface area contributed by atoms with Gasteiger partial charge in [0.05, 0.1) is 24.9 Å². The minimum absolute atomic E-state index is 0.123. The summed E-state index contributed by atoms with van der Waals surface area (Å²) in [5, 5.41) is 7.79. The minimum Gasteiger partial charge on any atom is -0.377 e. The first kappa shape index (κ1) is 16.7. The van der Waals surface area contributed by atoms with E-state index in [9.17, 15) is 9.59 Å². The first-order chi connectivity index (χ1) is 13.2. The second kappa shape index (κ2) is 6.60. The van der Waals surface area contributed by atoms with Crippen LogP contribution in [0.2, 0.25) is 0 Å². The van der Waals surface area contributed by atoms with Gasteiger partial charge in [-0.25, -0.2) is 9.67 Å². The van der Waals surface area contributed by atoms with E-state index in [4.69, 9.17) is 4.74 Å². The van der Waals surface area contributed by atoms with Crippen molar-refractivity contribution in [3.05, 3.63) is 50.9 Å². The molecule has 1 aliphatic heterocycles. The third kappa shape index (κ3) is 3.41. The van der Waals surface area contributed by atoms with Gasteiger partial charge in [-0.15, -0.1) is 0 Å². The van der Waals surface area contributed by atoms with Crippen molar-refractivity contribution in [3.63, 3.8) is 0 Å². The molecule has 8 heteroatoms. The standard InChI is InChI=1S/C19H23N5O3/c25-17-6-5-14(13-3-4-13)22-24(17)16-11-27-10-15(16)21-18-19(26)23(8-7-20-18)9-12-1-2-12/h5-8,12-13,15-16H,1-4,9-11H2,(H,20,21). The highest BCUT2D eigenvalue weighted by atomic mass is 16.5. The van der Waals surface area contributed by atoms with E-state index in [2.05, 4.69) is 15.4 Å². The van der Waals surface area contributed by atoms with Crippen molar-refractivity contribution in [1.82, 2.24) is 19.3 Å². The molecular weight excluding hydrogens is 346 g/mol. The van der Waals surface area contributed by atoms with E-state index in [0.717, 1.165) is 25.1 Å². The molecule has 2 atom stereocenters. The maximum atomic E-state index is 12.7. The van der Waals surface area contributed by atoms with Crippen molar-refractivity contribution in [2.24, 2.45) is 5.92 Å². The lowest BCUT2D eigenvalue weighted by atomic mass is 10.1. The summed E-state index contributed by atoms with van der Waals surface area (Å²) in [4.78, 5) is 29.3. The monoisotopic (exact) mass is 369 g/mol. The van der Waals surface area contributed by atoms with E-state index in [0.29, 0.717) is 30.9 Å². The average Bonchev–Trinajstić information content (AvgIpc) is 3.59. The summed E-state index contributed by atoms with van der Waals surface area (Å²) in [5.41, 5.74) is 0.695. The summed E-state index contributed by atoms with van der Waals surface area (Å²) < 4.78 is 8.85. The molecule has 3 aliphatic rings. The number of rotatable bonds is 6. The third-order valence-corrected chi connectivity index (χ3v) is 5.59. The topological polar surface area (TPSA) is 91.0 Å². The van der Waals surface area contributed by atoms with Crippen molar-refractivity contribution in [2.75, 3.05) is 18.5 Å². The quantitative estimate of drug-likeness (QED) is 0.821. The van der Waals surface area contributed by atoms with Crippen molar-refractivity contribution in [2.45, 2.75) is 50.2 Å². The van der Waals surface area contributed by atoms with Gasteiger partial charge in [0.15, 0.2) is 5.82 Å². The van der Waals surface area contributed by atoms with Gasteiger partial charge in [-0.2, -0.15) is 5.10 Å². The molecule has 2 aromatic rings. The molecule has 3 fully saturated rings. The van der Waals surface area contributed by atoms with Crippen LogP contribution in [0.4, 0.5) is 5.82 Å². The van der Waals surface area contributed by atoms with Crippen LogP contribution in [0, 0.1) is 5.92 Å². The van der Waals surface area contributed by atoms with E-state index < -0.39 is 0 Å². The third-order valence-electron chi connectivity index (χ3n) is 5.59. The van der Waals surface area contributed by atoms with E-state index in [1.54, 1.807) is 23.0 Å². The minimum atomic E-state index is -0.255. The van der Waals surface area contributed by atoms with Crippen LogP contribution >= 0.6 is 0 Å². The molecule has 1 saturated heterocycles. The number of aromatic nitrogens is 4. The summed E-state index contributed by atoms with van der Waals surface area (Å²) in [5.74, 6) is 1.38. The summed E-state index contributed by atoms with van der Waals surface area (Å²) in [7, 11) is 0. The predicted octanol–water partition coefficient (Wildman–Crippen LogP) is 1.14. The molecule has 142 valence electrons. The van der Waals surface area contributed by atoms with Crippen LogP contribution in [0.5, 0.6) is 0 Å². The highest BCUT2D eigenvalue weighted by Gasteiger charge is 2.34. The maximum absolute atomic E-state index is 12.7. The van der Waals surface area contributed by atoms with Gasteiger partial charge in [0.2, 0.25) is 0 Å². The zero-order chi connectivity index (χ0) is 18.4. The van der Waals surface area contributed by atoms with Crippen LogP contribution < -0.4 is 16.4 Å². The summed E-state index contributed by atoms with van der Waals surface area (Å²) in [6.07, 6.45) is 8.00. The number of nitrogens with one attached hydrogen (secondary N) is 1. The van der Waals surface area contributed by atoms with Gasteiger partial charge in [-0.3, -0.25) is 9.59 Å². The molecule has 2 unspecified atom stereocenters. The van der Waals surface area contributed by atoms with Gasteiger partial charge >= 0.3 is 0 Å². The molecule has 2 aliphatic carbocycles. The second-order valence-corrected chi connectivity index (χ2v) is 7.85. The van der Waals surface area contributed by atoms with Crippen LogP contribution in [0.3, 0.4) is 0 Å². The molecule has 2 saturated carbocycles. The second-order valence-electron chi connectivity index (χ2n) is 7.85. The molecule has 3 heterocycles. The van der Waals surface area contributed by atoms with Crippen molar-refractivity contribution >= 4 is 5.82 Å². The van der Waals surface area contributed by atoms with Gasteiger partial charge in [0.25, 0.3) is 11.1 Å². The Morgan fingerprint density at radius 1 is 1.15 bits per heavy atom. The summed E-state index contributed by atoms with van der Waals surface area (Å²) in [6.45, 7) is 1.54. The molecule has 27 heavy (non-hydrogen) atoms. The van der Waals surface area contributed by atoms with Crippen molar-refractivity contribution in [3.8, 4) is 0 Å². The fraction of sp³-hybridized carbons (Fsp3) is 0.579. The largest absolute Gasteiger partial charge is 0.377 e. The van der Waals surface area contributed by atoms with E-state index in [1.807, 2.05) is 6.07 Å². The Balaban J connectivity index is 1.40.